The third-order valence-electron chi connectivity index (χ3n) is 4.93. The van der Waals surface area contributed by atoms with Gasteiger partial charge < -0.3 is 20.4 Å². The molecule has 2 bridgehead atoms. The minimum Gasteiger partial charge on any atom is -0.478 e. The number of hydrogen-bond acceptors (Lipinski definition) is 6. The number of piperidine rings is 3. The van der Waals surface area contributed by atoms with E-state index in [0.29, 0.717) is 24.1 Å². The highest BCUT2D eigenvalue weighted by molar-refractivity contribution is 7.16. The molecule has 4 heterocycles. The topological polar surface area (TPSA) is 120 Å². The Morgan fingerprint density at radius 1 is 1.14 bits per heavy atom. The van der Waals surface area contributed by atoms with Crippen LogP contribution in [0.25, 0.3) is 10.2 Å². The van der Waals surface area contributed by atoms with Gasteiger partial charge in [-0.15, -0.1) is 11.3 Å². The number of aromatic nitrogens is 1. The number of thiazole rings is 1. The Balaban J connectivity index is 0.000000242. The highest BCUT2D eigenvalue weighted by Gasteiger charge is 2.34. The fraction of sp³-hybridized carbons (Fsp3) is 0.368. The first-order valence-corrected chi connectivity index (χ1v) is 9.81. The van der Waals surface area contributed by atoms with Crippen LogP contribution >= 0.6 is 11.3 Å². The summed E-state index contributed by atoms with van der Waals surface area (Å²) in [6, 6.07) is 6.07. The van der Waals surface area contributed by atoms with E-state index < -0.39 is 11.9 Å². The second-order valence-electron chi connectivity index (χ2n) is 6.76. The van der Waals surface area contributed by atoms with E-state index in [1.54, 1.807) is 11.3 Å². The second kappa shape index (κ2) is 8.94. The third kappa shape index (κ3) is 5.14. The van der Waals surface area contributed by atoms with Gasteiger partial charge in [0.15, 0.2) is 0 Å². The van der Waals surface area contributed by atoms with Crippen molar-refractivity contribution in [3.05, 3.63) is 41.4 Å². The van der Waals surface area contributed by atoms with Crippen molar-refractivity contribution in [3.63, 3.8) is 0 Å². The van der Waals surface area contributed by atoms with Gasteiger partial charge in [0.05, 0.1) is 15.7 Å². The molecule has 3 fully saturated rings. The van der Waals surface area contributed by atoms with Crippen LogP contribution in [0.3, 0.4) is 0 Å². The fourth-order valence-electron chi connectivity index (χ4n) is 3.52. The maximum Gasteiger partial charge on any atom is 0.328 e. The molecule has 8 nitrogen and oxygen atoms in total. The predicted molar refractivity (Wildman–Crippen MR) is 104 cm³/mol. The van der Waals surface area contributed by atoms with Gasteiger partial charge in [-0.3, -0.25) is 4.79 Å². The largest absolute Gasteiger partial charge is 0.478 e. The summed E-state index contributed by atoms with van der Waals surface area (Å²) in [6.45, 7) is 3.41. The molecule has 1 atom stereocenters. The van der Waals surface area contributed by atoms with Gasteiger partial charge in [0, 0.05) is 30.3 Å². The molecule has 28 heavy (non-hydrogen) atoms. The number of nitrogens with zero attached hydrogens (tertiary/aromatic N) is 2. The van der Waals surface area contributed by atoms with Gasteiger partial charge in [-0.05, 0) is 50.0 Å². The molecule has 5 rings (SSSR count). The average molecular weight is 403 g/mol. The molecule has 148 valence electrons. The molecule has 3 N–H and O–H groups in total. The molecule has 2 aromatic rings. The Bertz CT molecular complexity index is 886. The molecule has 3 saturated heterocycles. The number of fused-ring (bicyclic) bond motifs is 4. The van der Waals surface area contributed by atoms with Crippen LogP contribution in [0, 0.1) is 5.92 Å². The molecular formula is C19H21N3O5S. The van der Waals surface area contributed by atoms with Crippen molar-refractivity contribution in [3.8, 4) is 0 Å². The number of benzene rings is 1. The van der Waals surface area contributed by atoms with E-state index in [4.69, 9.17) is 10.2 Å². The summed E-state index contributed by atoms with van der Waals surface area (Å²) in [5.74, 6) is -1.80. The van der Waals surface area contributed by atoms with Gasteiger partial charge >= 0.3 is 11.9 Å². The molecule has 1 aromatic carbocycles. The van der Waals surface area contributed by atoms with E-state index in [0.717, 1.165) is 22.3 Å². The van der Waals surface area contributed by atoms with Gasteiger partial charge in [0.25, 0.3) is 5.91 Å². The predicted octanol–water partition coefficient (Wildman–Crippen LogP) is 1.83. The van der Waals surface area contributed by atoms with Crippen LogP contribution in [0.1, 0.15) is 23.2 Å². The van der Waals surface area contributed by atoms with Crippen molar-refractivity contribution >= 4 is 39.4 Å². The van der Waals surface area contributed by atoms with E-state index in [-0.39, 0.29) is 5.91 Å². The number of carboxylic acid groups (broad SMARTS) is 2. The lowest BCUT2D eigenvalue weighted by molar-refractivity contribution is -0.134. The molecule has 0 unspecified atom stereocenters. The van der Waals surface area contributed by atoms with Crippen LogP contribution in [0.2, 0.25) is 0 Å². The van der Waals surface area contributed by atoms with Crippen LogP contribution in [-0.4, -0.2) is 63.6 Å². The summed E-state index contributed by atoms with van der Waals surface area (Å²) in [5, 5.41) is 18.9. The number of aliphatic carboxylic acids is 2. The maximum atomic E-state index is 12.4. The number of hydrogen-bond donors (Lipinski definition) is 3. The molecule has 0 spiro atoms. The van der Waals surface area contributed by atoms with Crippen molar-refractivity contribution in [2.24, 2.45) is 5.92 Å². The fourth-order valence-corrected chi connectivity index (χ4v) is 4.24. The van der Waals surface area contributed by atoms with E-state index in [2.05, 4.69) is 15.2 Å². The zero-order chi connectivity index (χ0) is 20.1. The monoisotopic (exact) mass is 403 g/mol. The number of nitrogens with one attached hydrogen (secondary N) is 1. The molecule has 1 aromatic heterocycles. The number of carbonyl (C=O) groups excluding carboxylic acids is 1. The zero-order valence-electron chi connectivity index (χ0n) is 15.1. The maximum absolute atomic E-state index is 12.4. The number of rotatable bonds is 4. The zero-order valence-corrected chi connectivity index (χ0v) is 15.9. The SMILES string of the molecule is O=C(N[C@H]1CN2CCC1CC2)c1ccc2ncsc2c1.O=C(O)/C=C/C(=O)O. The van der Waals surface area contributed by atoms with Crippen LogP contribution in [0.5, 0.6) is 0 Å². The Labute approximate surface area is 165 Å². The highest BCUT2D eigenvalue weighted by Crippen LogP contribution is 2.28. The van der Waals surface area contributed by atoms with Crippen LogP contribution < -0.4 is 5.32 Å². The lowest BCUT2D eigenvalue weighted by atomic mass is 9.84. The molecule has 9 heteroatoms. The summed E-state index contributed by atoms with van der Waals surface area (Å²) in [6.07, 6.45) is 3.56. The van der Waals surface area contributed by atoms with Crippen LogP contribution in [-0.2, 0) is 9.59 Å². The Kier molecular flexibility index (Phi) is 6.37. The molecular weight excluding hydrogens is 382 g/mol. The van der Waals surface area contributed by atoms with E-state index >= 15 is 0 Å². The van der Waals surface area contributed by atoms with Gasteiger partial charge in [0.1, 0.15) is 0 Å². The normalized spacial score (nSPS) is 23.2. The Morgan fingerprint density at radius 2 is 1.82 bits per heavy atom. The molecule has 3 aliphatic heterocycles. The van der Waals surface area contributed by atoms with E-state index in [1.165, 1.54) is 25.9 Å². The van der Waals surface area contributed by atoms with Gasteiger partial charge in [-0.25, -0.2) is 14.6 Å². The smallest absolute Gasteiger partial charge is 0.328 e. The lowest BCUT2D eigenvalue weighted by Crippen LogP contribution is -2.57. The average Bonchev–Trinajstić information content (AvgIpc) is 3.15. The Hall–Kier alpha value is -2.78. The summed E-state index contributed by atoms with van der Waals surface area (Å²) in [4.78, 5) is 38.2. The van der Waals surface area contributed by atoms with E-state index in [9.17, 15) is 14.4 Å². The third-order valence-corrected chi connectivity index (χ3v) is 5.73. The van der Waals surface area contributed by atoms with Crippen molar-refractivity contribution < 1.29 is 24.6 Å². The number of carbonyl (C=O) groups is 3. The number of carboxylic acids is 2. The summed E-state index contributed by atoms with van der Waals surface area (Å²) in [7, 11) is 0. The quantitative estimate of drug-likeness (QED) is 0.666. The number of amides is 1. The van der Waals surface area contributed by atoms with Gasteiger partial charge in [0.2, 0.25) is 0 Å². The van der Waals surface area contributed by atoms with Crippen LogP contribution in [0.4, 0.5) is 0 Å². The van der Waals surface area contributed by atoms with Gasteiger partial charge in [-0.2, -0.15) is 0 Å². The molecule has 0 radical (unpaired) electrons. The standard InChI is InChI=1S/C15H17N3OS.C4H4O4/c19-15(11-1-2-12-14(7-11)20-9-16-12)17-13-8-18-5-3-10(13)4-6-18;5-3(6)1-2-4(7)8/h1-2,7,9-10,13H,3-6,8H2,(H,17,19);1-2H,(H,5,6)(H,7,8)/b;2-1+/t13-;/m0./s1. The first kappa shape index (κ1) is 20.0. The van der Waals surface area contributed by atoms with Crippen LogP contribution in [0.15, 0.2) is 35.9 Å². The first-order chi connectivity index (χ1) is 13.4. The highest BCUT2D eigenvalue weighted by atomic mass is 32.1. The molecule has 0 aliphatic carbocycles. The van der Waals surface area contributed by atoms with Gasteiger partial charge in [-0.1, -0.05) is 0 Å². The molecule has 0 saturated carbocycles. The van der Waals surface area contributed by atoms with Crippen molar-refractivity contribution in [2.45, 2.75) is 18.9 Å². The Morgan fingerprint density at radius 3 is 2.39 bits per heavy atom. The minimum absolute atomic E-state index is 0.0547. The van der Waals surface area contributed by atoms with E-state index in [1.807, 2.05) is 23.7 Å². The van der Waals surface area contributed by atoms with Crippen molar-refractivity contribution in [1.29, 1.82) is 0 Å². The van der Waals surface area contributed by atoms with Crippen molar-refractivity contribution in [1.82, 2.24) is 15.2 Å². The van der Waals surface area contributed by atoms with Crippen molar-refractivity contribution in [2.75, 3.05) is 19.6 Å². The minimum atomic E-state index is -1.26. The lowest BCUT2D eigenvalue weighted by Gasteiger charge is -2.44. The summed E-state index contributed by atoms with van der Waals surface area (Å²) < 4.78 is 1.08. The second-order valence-corrected chi connectivity index (χ2v) is 7.65. The molecule has 3 aliphatic rings. The summed E-state index contributed by atoms with van der Waals surface area (Å²) >= 11 is 1.58. The molecule has 1 amide bonds. The first-order valence-electron chi connectivity index (χ1n) is 8.93. The summed E-state index contributed by atoms with van der Waals surface area (Å²) in [5.41, 5.74) is 3.53.